The number of nitrogens with one attached hydrogen (secondary N) is 1. The first kappa shape index (κ1) is 15.1. The van der Waals surface area contributed by atoms with E-state index in [-0.39, 0.29) is 0 Å². The van der Waals surface area contributed by atoms with Gasteiger partial charge in [0.05, 0.1) is 5.56 Å². The third-order valence-electron chi connectivity index (χ3n) is 4.20. The Morgan fingerprint density at radius 1 is 1.20 bits per heavy atom. The van der Waals surface area contributed by atoms with Crippen molar-refractivity contribution in [2.75, 3.05) is 11.9 Å². The molecule has 0 aliphatic heterocycles. The SMILES string of the molecule is CCC1CCC(CNc2cc(C(F)(F)F)ccn2)CC1. The predicted octanol–water partition coefficient (Wildman–Crippen LogP) is 4.73. The summed E-state index contributed by atoms with van der Waals surface area (Å²) in [5, 5.41) is 3.05. The molecule has 0 unspecified atom stereocenters. The maximum Gasteiger partial charge on any atom is 0.416 e. The van der Waals surface area contributed by atoms with Crippen LogP contribution in [-0.4, -0.2) is 11.5 Å². The van der Waals surface area contributed by atoms with Crippen molar-refractivity contribution in [1.29, 1.82) is 0 Å². The molecule has 0 spiro atoms. The summed E-state index contributed by atoms with van der Waals surface area (Å²) >= 11 is 0. The zero-order valence-electron chi connectivity index (χ0n) is 11.7. The zero-order chi connectivity index (χ0) is 14.6. The van der Waals surface area contributed by atoms with Crippen molar-refractivity contribution in [2.24, 2.45) is 11.8 Å². The molecule has 0 aromatic carbocycles. The Kier molecular flexibility index (Phi) is 4.89. The van der Waals surface area contributed by atoms with Gasteiger partial charge in [0.15, 0.2) is 0 Å². The van der Waals surface area contributed by atoms with Crippen LogP contribution in [-0.2, 0) is 6.18 Å². The van der Waals surface area contributed by atoms with Crippen LogP contribution >= 0.6 is 0 Å². The topological polar surface area (TPSA) is 24.9 Å². The molecule has 20 heavy (non-hydrogen) atoms. The summed E-state index contributed by atoms with van der Waals surface area (Å²) in [6.45, 7) is 2.93. The lowest BCUT2D eigenvalue weighted by Crippen LogP contribution is -2.21. The maximum absolute atomic E-state index is 12.6. The van der Waals surface area contributed by atoms with Crippen molar-refractivity contribution in [2.45, 2.75) is 45.2 Å². The van der Waals surface area contributed by atoms with E-state index in [4.69, 9.17) is 0 Å². The van der Waals surface area contributed by atoms with Gasteiger partial charge in [0.25, 0.3) is 0 Å². The third-order valence-corrected chi connectivity index (χ3v) is 4.20. The van der Waals surface area contributed by atoms with Crippen LogP contribution in [0.3, 0.4) is 0 Å². The number of pyridine rings is 1. The van der Waals surface area contributed by atoms with Gasteiger partial charge in [0.1, 0.15) is 5.82 Å². The Balaban J connectivity index is 1.85. The van der Waals surface area contributed by atoms with Crippen molar-refractivity contribution < 1.29 is 13.2 Å². The van der Waals surface area contributed by atoms with Crippen molar-refractivity contribution in [3.63, 3.8) is 0 Å². The molecule has 1 aliphatic carbocycles. The molecule has 1 aromatic rings. The molecule has 2 nitrogen and oxygen atoms in total. The van der Waals surface area contributed by atoms with Gasteiger partial charge in [-0.2, -0.15) is 13.2 Å². The predicted molar refractivity (Wildman–Crippen MR) is 73.5 cm³/mol. The molecular weight excluding hydrogens is 265 g/mol. The number of alkyl halides is 3. The zero-order valence-corrected chi connectivity index (χ0v) is 11.7. The summed E-state index contributed by atoms with van der Waals surface area (Å²) in [4.78, 5) is 3.96. The van der Waals surface area contributed by atoms with Crippen LogP contribution in [0.15, 0.2) is 18.3 Å². The molecule has 0 amide bonds. The Labute approximate surface area is 117 Å². The lowest BCUT2D eigenvalue weighted by molar-refractivity contribution is -0.137. The largest absolute Gasteiger partial charge is 0.416 e. The first-order chi connectivity index (χ1) is 9.49. The molecule has 1 saturated carbocycles. The second kappa shape index (κ2) is 6.46. The summed E-state index contributed by atoms with van der Waals surface area (Å²) < 4.78 is 37.8. The van der Waals surface area contributed by atoms with E-state index >= 15 is 0 Å². The van der Waals surface area contributed by atoms with E-state index in [0.717, 1.165) is 30.9 Å². The average molecular weight is 286 g/mol. The molecule has 0 radical (unpaired) electrons. The van der Waals surface area contributed by atoms with Gasteiger partial charge in [-0.1, -0.05) is 26.2 Å². The van der Waals surface area contributed by atoms with Gasteiger partial charge in [0.2, 0.25) is 0 Å². The van der Waals surface area contributed by atoms with Gasteiger partial charge in [-0.15, -0.1) is 0 Å². The standard InChI is InChI=1S/C15H21F3N2/c1-2-11-3-5-12(6-4-11)10-20-14-9-13(7-8-19-14)15(16,17)18/h7-9,11-12H,2-6,10H2,1H3,(H,19,20). The quantitative estimate of drug-likeness (QED) is 0.865. The summed E-state index contributed by atoms with van der Waals surface area (Å²) in [7, 11) is 0. The average Bonchev–Trinajstić information content (AvgIpc) is 2.45. The highest BCUT2D eigenvalue weighted by atomic mass is 19.4. The highest BCUT2D eigenvalue weighted by Crippen LogP contribution is 2.32. The van der Waals surface area contributed by atoms with Crippen LogP contribution in [0.25, 0.3) is 0 Å². The lowest BCUT2D eigenvalue weighted by Gasteiger charge is -2.28. The minimum Gasteiger partial charge on any atom is -0.370 e. The Morgan fingerprint density at radius 2 is 1.85 bits per heavy atom. The normalized spacial score (nSPS) is 23.6. The Morgan fingerprint density at radius 3 is 2.45 bits per heavy atom. The van der Waals surface area contributed by atoms with Gasteiger partial charge in [0, 0.05) is 12.7 Å². The number of anilines is 1. The third kappa shape index (κ3) is 4.12. The number of nitrogens with zero attached hydrogens (tertiary/aromatic N) is 1. The van der Waals surface area contributed by atoms with Crippen molar-refractivity contribution in [1.82, 2.24) is 4.98 Å². The minimum atomic E-state index is -4.31. The van der Waals surface area contributed by atoms with Gasteiger partial charge in [-0.3, -0.25) is 0 Å². The van der Waals surface area contributed by atoms with Crippen molar-refractivity contribution >= 4 is 5.82 Å². The van der Waals surface area contributed by atoms with Crippen molar-refractivity contribution in [3.8, 4) is 0 Å². The molecule has 112 valence electrons. The number of aromatic nitrogens is 1. The van der Waals surface area contributed by atoms with Gasteiger partial charge in [-0.25, -0.2) is 4.98 Å². The Hall–Kier alpha value is -1.26. The maximum atomic E-state index is 12.6. The summed E-state index contributed by atoms with van der Waals surface area (Å²) in [5.41, 5.74) is -0.648. The number of halogens is 3. The second-order valence-corrected chi connectivity index (χ2v) is 5.60. The summed E-state index contributed by atoms with van der Waals surface area (Å²) in [5.74, 6) is 1.70. The van der Waals surface area contributed by atoms with Crippen LogP contribution in [0, 0.1) is 11.8 Å². The van der Waals surface area contributed by atoms with E-state index in [1.165, 1.54) is 25.5 Å². The van der Waals surface area contributed by atoms with Crippen LogP contribution < -0.4 is 5.32 Å². The molecule has 1 aliphatic rings. The van der Waals surface area contributed by atoms with Crippen LogP contribution in [0.2, 0.25) is 0 Å². The monoisotopic (exact) mass is 286 g/mol. The molecule has 1 N–H and O–H groups in total. The molecule has 2 rings (SSSR count). The van der Waals surface area contributed by atoms with Gasteiger partial charge >= 0.3 is 6.18 Å². The van der Waals surface area contributed by atoms with E-state index in [2.05, 4.69) is 17.2 Å². The summed E-state index contributed by atoms with van der Waals surface area (Å²) in [6, 6.07) is 2.08. The van der Waals surface area contributed by atoms with E-state index < -0.39 is 11.7 Å². The van der Waals surface area contributed by atoms with E-state index in [1.54, 1.807) is 0 Å². The molecule has 0 atom stereocenters. The molecular formula is C15H21F3N2. The van der Waals surface area contributed by atoms with E-state index in [1.807, 2.05) is 0 Å². The molecule has 1 heterocycles. The smallest absolute Gasteiger partial charge is 0.370 e. The van der Waals surface area contributed by atoms with Crippen LogP contribution in [0.5, 0.6) is 0 Å². The highest BCUT2D eigenvalue weighted by Gasteiger charge is 2.30. The molecule has 1 aromatic heterocycles. The van der Waals surface area contributed by atoms with Gasteiger partial charge < -0.3 is 5.32 Å². The van der Waals surface area contributed by atoms with E-state index in [0.29, 0.717) is 18.3 Å². The van der Waals surface area contributed by atoms with Crippen molar-refractivity contribution in [3.05, 3.63) is 23.9 Å². The highest BCUT2D eigenvalue weighted by molar-refractivity contribution is 5.38. The molecule has 1 fully saturated rings. The Bertz CT molecular complexity index is 423. The number of hydrogen-bond donors (Lipinski definition) is 1. The lowest BCUT2D eigenvalue weighted by atomic mass is 9.81. The second-order valence-electron chi connectivity index (χ2n) is 5.60. The van der Waals surface area contributed by atoms with Crippen LogP contribution in [0.4, 0.5) is 19.0 Å². The van der Waals surface area contributed by atoms with Crippen LogP contribution in [0.1, 0.15) is 44.6 Å². The summed E-state index contributed by atoms with van der Waals surface area (Å²) in [6.07, 6.45) is 2.92. The first-order valence-corrected chi connectivity index (χ1v) is 7.26. The number of hydrogen-bond acceptors (Lipinski definition) is 2. The minimum absolute atomic E-state index is 0.317. The van der Waals surface area contributed by atoms with Gasteiger partial charge in [-0.05, 0) is 36.8 Å². The van der Waals surface area contributed by atoms with E-state index in [9.17, 15) is 13.2 Å². The molecule has 5 heteroatoms. The fourth-order valence-corrected chi connectivity index (χ4v) is 2.80. The molecule has 0 bridgehead atoms. The number of rotatable bonds is 4. The fraction of sp³-hybridized carbons (Fsp3) is 0.667. The fourth-order valence-electron chi connectivity index (χ4n) is 2.80. The first-order valence-electron chi connectivity index (χ1n) is 7.26. The molecule has 0 saturated heterocycles.